The highest BCUT2D eigenvalue weighted by Crippen LogP contribution is 2.40. The third-order valence-corrected chi connectivity index (χ3v) is 5.04. The van der Waals surface area contributed by atoms with Gasteiger partial charge >= 0.3 is 0 Å². The first kappa shape index (κ1) is 16.5. The molecular formula is C21H22N2O3. The van der Waals surface area contributed by atoms with E-state index < -0.39 is 0 Å². The highest BCUT2D eigenvalue weighted by Gasteiger charge is 2.33. The number of para-hydroxylation sites is 1. The average Bonchev–Trinajstić information content (AvgIpc) is 3.01. The molecule has 3 aromatic rings. The van der Waals surface area contributed by atoms with Gasteiger partial charge in [-0.2, -0.15) is 0 Å². The Kier molecular flexibility index (Phi) is 4.07. The van der Waals surface area contributed by atoms with E-state index >= 15 is 0 Å². The monoisotopic (exact) mass is 350 g/mol. The van der Waals surface area contributed by atoms with Crippen molar-refractivity contribution in [2.24, 2.45) is 0 Å². The van der Waals surface area contributed by atoms with E-state index in [1.165, 1.54) is 10.9 Å². The molecule has 1 aliphatic heterocycles. The van der Waals surface area contributed by atoms with E-state index in [4.69, 9.17) is 4.74 Å². The van der Waals surface area contributed by atoms with E-state index in [-0.39, 0.29) is 17.7 Å². The summed E-state index contributed by atoms with van der Waals surface area (Å²) in [6.07, 6.45) is 0.825. The third-order valence-electron chi connectivity index (χ3n) is 5.04. The maximum atomic E-state index is 12.3. The number of benzene rings is 2. The molecule has 0 saturated carbocycles. The molecule has 2 aromatic carbocycles. The molecule has 0 bridgehead atoms. The van der Waals surface area contributed by atoms with Crippen LogP contribution in [0.3, 0.4) is 0 Å². The summed E-state index contributed by atoms with van der Waals surface area (Å²) in [5.74, 6) is 0.583. The number of phenolic OH excluding ortho intramolecular Hbond substituents is 1. The second-order valence-electron chi connectivity index (χ2n) is 6.59. The first-order valence-corrected chi connectivity index (χ1v) is 8.92. The molecule has 1 atom stereocenters. The number of carbonyl (C=O) groups excluding carboxylic acids is 1. The van der Waals surface area contributed by atoms with Crippen LogP contribution in [0.4, 0.5) is 0 Å². The zero-order chi connectivity index (χ0) is 18.3. The highest BCUT2D eigenvalue weighted by atomic mass is 16.5. The van der Waals surface area contributed by atoms with Crippen molar-refractivity contribution < 1.29 is 14.6 Å². The predicted molar refractivity (Wildman–Crippen MR) is 101 cm³/mol. The fraction of sp³-hybridized carbons (Fsp3) is 0.286. The molecule has 1 unspecified atom stereocenters. The number of hydrogen-bond acceptors (Lipinski definition) is 3. The molecule has 0 fully saturated rings. The third kappa shape index (κ3) is 2.60. The van der Waals surface area contributed by atoms with E-state index in [0.29, 0.717) is 18.9 Å². The van der Waals surface area contributed by atoms with E-state index in [9.17, 15) is 9.90 Å². The SMILES string of the molecule is CCOc1cc(C2c3[nH]c4ccccc4c3CCN2C(C)=O)ccc1O. The summed E-state index contributed by atoms with van der Waals surface area (Å²) in [5, 5.41) is 11.2. The van der Waals surface area contributed by atoms with E-state index in [1.54, 1.807) is 13.0 Å². The molecule has 4 rings (SSSR count). The zero-order valence-corrected chi connectivity index (χ0v) is 15.0. The van der Waals surface area contributed by atoms with Crippen molar-refractivity contribution in [2.75, 3.05) is 13.2 Å². The molecule has 2 N–H and O–H groups in total. The Morgan fingerprint density at radius 2 is 2.12 bits per heavy atom. The van der Waals surface area contributed by atoms with Crippen LogP contribution in [-0.2, 0) is 11.2 Å². The fourth-order valence-electron chi connectivity index (χ4n) is 3.90. The largest absolute Gasteiger partial charge is 0.504 e. The number of amides is 1. The molecule has 5 nitrogen and oxygen atoms in total. The molecule has 0 aliphatic carbocycles. The van der Waals surface area contributed by atoms with E-state index in [0.717, 1.165) is 23.2 Å². The standard InChI is InChI=1S/C21H22N2O3/c1-3-26-19-12-14(8-9-18(19)25)21-20-16(10-11-23(21)13(2)24)15-6-4-5-7-17(15)22-20/h4-9,12,21-22,25H,3,10-11H2,1-2H3. The van der Waals surface area contributed by atoms with Gasteiger partial charge in [0, 0.05) is 30.1 Å². The fourth-order valence-corrected chi connectivity index (χ4v) is 3.90. The van der Waals surface area contributed by atoms with Gasteiger partial charge in [-0.15, -0.1) is 0 Å². The van der Waals surface area contributed by atoms with Crippen LogP contribution in [0.5, 0.6) is 11.5 Å². The van der Waals surface area contributed by atoms with Gasteiger partial charge in [0.1, 0.15) is 0 Å². The number of hydrogen-bond donors (Lipinski definition) is 2. The summed E-state index contributed by atoms with van der Waals surface area (Å²) < 4.78 is 5.55. The quantitative estimate of drug-likeness (QED) is 0.756. The molecule has 26 heavy (non-hydrogen) atoms. The van der Waals surface area contributed by atoms with Crippen LogP contribution in [-0.4, -0.2) is 34.0 Å². The normalized spacial score (nSPS) is 16.5. The van der Waals surface area contributed by atoms with Gasteiger partial charge < -0.3 is 19.7 Å². The summed E-state index contributed by atoms with van der Waals surface area (Å²) >= 11 is 0. The summed E-state index contributed by atoms with van der Waals surface area (Å²) in [5.41, 5.74) is 4.31. The number of fused-ring (bicyclic) bond motifs is 3. The zero-order valence-electron chi connectivity index (χ0n) is 15.0. The van der Waals surface area contributed by atoms with Crippen LogP contribution in [0.25, 0.3) is 10.9 Å². The van der Waals surface area contributed by atoms with Crippen molar-refractivity contribution in [3.63, 3.8) is 0 Å². The van der Waals surface area contributed by atoms with Gasteiger partial charge in [0.15, 0.2) is 11.5 Å². The van der Waals surface area contributed by atoms with Crippen LogP contribution in [0.15, 0.2) is 42.5 Å². The number of nitrogens with zero attached hydrogens (tertiary/aromatic N) is 1. The Morgan fingerprint density at radius 3 is 2.88 bits per heavy atom. The van der Waals surface area contributed by atoms with Crippen LogP contribution in [0, 0.1) is 0 Å². The number of H-pyrrole nitrogens is 1. The molecule has 1 aliphatic rings. The minimum Gasteiger partial charge on any atom is -0.504 e. The lowest BCUT2D eigenvalue weighted by Crippen LogP contribution is -2.39. The van der Waals surface area contributed by atoms with Gasteiger partial charge in [0.05, 0.1) is 12.6 Å². The van der Waals surface area contributed by atoms with Crippen molar-refractivity contribution in [3.8, 4) is 11.5 Å². The van der Waals surface area contributed by atoms with Gasteiger partial charge in [-0.3, -0.25) is 4.79 Å². The van der Waals surface area contributed by atoms with Gasteiger partial charge in [0.2, 0.25) is 5.91 Å². The van der Waals surface area contributed by atoms with Crippen LogP contribution in [0.1, 0.15) is 36.7 Å². The Morgan fingerprint density at radius 1 is 1.31 bits per heavy atom. The molecule has 2 heterocycles. The number of ether oxygens (including phenoxy) is 1. The molecule has 1 aromatic heterocycles. The van der Waals surface area contributed by atoms with Crippen molar-refractivity contribution in [2.45, 2.75) is 26.3 Å². The lowest BCUT2D eigenvalue weighted by Gasteiger charge is -2.35. The summed E-state index contributed by atoms with van der Waals surface area (Å²) in [6.45, 7) is 4.62. The molecule has 5 heteroatoms. The minimum atomic E-state index is -0.219. The lowest BCUT2D eigenvalue weighted by molar-refractivity contribution is -0.130. The molecule has 0 radical (unpaired) electrons. The molecule has 0 spiro atoms. The first-order valence-electron chi connectivity index (χ1n) is 8.92. The van der Waals surface area contributed by atoms with Crippen molar-refractivity contribution in [1.29, 1.82) is 0 Å². The van der Waals surface area contributed by atoms with Gasteiger partial charge in [0.25, 0.3) is 0 Å². The average molecular weight is 350 g/mol. The van der Waals surface area contributed by atoms with Gasteiger partial charge in [-0.05, 0) is 42.7 Å². The Balaban J connectivity index is 1.89. The Bertz CT molecular complexity index is 977. The van der Waals surface area contributed by atoms with E-state index in [1.807, 2.05) is 36.1 Å². The topological polar surface area (TPSA) is 65.6 Å². The molecule has 0 saturated heterocycles. The number of aromatic nitrogens is 1. The Labute approximate surface area is 152 Å². The summed E-state index contributed by atoms with van der Waals surface area (Å²) in [7, 11) is 0. The number of aromatic amines is 1. The molecular weight excluding hydrogens is 328 g/mol. The lowest BCUT2D eigenvalue weighted by atomic mass is 9.92. The number of carbonyl (C=O) groups is 1. The van der Waals surface area contributed by atoms with Crippen LogP contribution < -0.4 is 4.74 Å². The van der Waals surface area contributed by atoms with Crippen LogP contribution >= 0.6 is 0 Å². The maximum absolute atomic E-state index is 12.3. The maximum Gasteiger partial charge on any atom is 0.220 e. The molecule has 134 valence electrons. The van der Waals surface area contributed by atoms with Crippen LogP contribution in [0.2, 0.25) is 0 Å². The van der Waals surface area contributed by atoms with Crippen molar-refractivity contribution in [1.82, 2.24) is 9.88 Å². The number of nitrogens with one attached hydrogen (secondary N) is 1. The summed E-state index contributed by atoms with van der Waals surface area (Å²) in [6, 6.07) is 13.3. The summed E-state index contributed by atoms with van der Waals surface area (Å²) in [4.78, 5) is 17.7. The van der Waals surface area contributed by atoms with Crippen molar-refractivity contribution in [3.05, 3.63) is 59.3 Å². The highest BCUT2D eigenvalue weighted by molar-refractivity contribution is 5.86. The van der Waals surface area contributed by atoms with Gasteiger partial charge in [-0.25, -0.2) is 0 Å². The number of aromatic hydroxyl groups is 1. The predicted octanol–water partition coefficient (Wildman–Crippen LogP) is 3.77. The second-order valence-corrected chi connectivity index (χ2v) is 6.59. The second kappa shape index (κ2) is 6.41. The van der Waals surface area contributed by atoms with E-state index in [2.05, 4.69) is 17.1 Å². The minimum absolute atomic E-state index is 0.0327. The van der Waals surface area contributed by atoms with Gasteiger partial charge in [-0.1, -0.05) is 24.3 Å². The number of rotatable bonds is 3. The van der Waals surface area contributed by atoms with Crippen molar-refractivity contribution >= 4 is 16.8 Å². The Hall–Kier alpha value is -2.95. The molecule has 1 amide bonds. The smallest absolute Gasteiger partial charge is 0.220 e. The first-order chi connectivity index (χ1) is 12.6. The number of phenols is 1.